The second-order valence-corrected chi connectivity index (χ2v) is 7.77. The minimum atomic E-state index is -0.143. The van der Waals surface area contributed by atoms with Crippen molar-refractivity contribution in [3.63, 3.8) is 0 Å². The Morgan fingerprint density at radius 2 is 1.70 bits per heavy atom. The Kier molecular flexibility index (Phi) is 5.21. The molecule has 2 atom stereocenters. The lowest BCUT2D eigenvalue weighted by Crippen LogP contribution is -2.39. The molecule has 0 fully saturated rings. The van der Waals surface area contributed by atoms with Gasteiger partial charge in [0.1, 0.15) is 11.9 Å². The van der Waals surface area contributed by atoms with Crippen molar-refractivity contribution in [2.45, 2.75) is 12.2 Å². The fourth-order valence-corrected chi connectivity index (χ4v) is 3.69. The lowest BCUT2D eigenvalue weighted by atomic mass is 9.98. The molecule has 1 aliphatic heterocycles. The van der Waals surface area contributed by atoms with Crippen molar-refractivity contribution in [1.29, 1.82) is 0 Å². The first-order valence-corrected chi connectivity index (χ1v) is 9.81. The van der Waals surface area contributed by atoms with Crippen LogP contribution in [-0.2, 0) is 0 Å². The van der Waals surface area contributed by atoms with E-state index < -0.39 is 0 Å². The molecule has 1 aliphatic rings. The summed E-state index contributed by atoms with van der Waals surface area (Å²) in [5.41, 5.74) is 3.91. The second kappa shape index (κ2) is 7.77. The van der Waals surface area contributed by atoms with Crippen LogP contribution in [0, 0.1) is 0 Å². The van der Waals surface area contributed by atoms with E-state index in [1.54, 1.807) is 6.07 Å². The molecule has 0 aromatic heterocycles. The van der Waals surface area contributed by atoms with Gasteiger partial charge in [0.25, 0.3) is 0 Å². The summed E-state index contributed by atoms with van der Waals surface area (Å²) < 4.78 is 1.03. The number of benzene rings is 3. The predicted molar refractivity (Wildman–Crippen MR) is 113 cm³/mol. The lowest BCUT2D eigenvalue weighted by molar-refractivity contribution is 0.419. The Bertz CT molecular complexity index is 988. The Morgan fingerprint density at radius 3 is 2.44 bits per heavy atom. The molecule has 3 aromatic rings. The molecule has 2 unspecified atom stereocenters. The minimum absolute atomic E-state index is 0.110. The number of aromatic hydroxyl groups is 1. The Hall–Kier alpha value is -2.27. The van der Waals surface area contributed by atoms with E-state index in [1.165, 1.54) is 0 Å². The van der Waals surface area contributed by atoms with Crippen LogP contribution in [0.5, 0.6) is 5.75 Å². The zero-order valence-electron chi connectivity index (χ0n) is 14.4. The van der Waals surface area contributed by atoms with E-state index >= 15 is 0 Å². The smallest absolute Gasteiger partial charge is 0.120 e. The normalized spacial score (nSPS) is 19.3. The second-order valence-electron chi connectivity index (χ2n) is 6.42. The van der Waals surface area contributed by atoms with Crippen molar-refractivity contribution in [2.75, 3.05) is 0 Å². The summed E-state index contributed by atoms with van der Waals surface area (Å²) in [6, 6.07) is 23.2. The maximum atomic E-state index is 10.3. The van der Waals surface area contributed by atoms with Gasteiger partial charge in [0.2, 0.25) is 0 Å². The van der Waals surface area contributed by atoms with Crippen LogP contribution in [0.4, 0.5) is 0 Å². The first kappa shape index (κ1) is 18.1. The molecule has 0 saturated carbocycles. The van der Waals surface area contributed by atoms with E-state index in [2.05, 4.69) is 44.8 Å². The summed E-state index contributed by atoms with van der Waals surface area (Å²) in [6.07, 6.45) is 1.97. The van der Waals surface area contributed by atoms with Crippen molar-refractivity contribution < 1.29 is 5.11 Å². The maximum Gasteiger partial charge on any atom is 0.120 e. The lowest BCUT2D eigenvalue weighted by Gasteiger charge is -2.33. The Balaban J connectivity index is 1.76. The Morgan fingerprint density at radius 1 is 0.926 bits per heavy atom. The van der Waals surface area contributed by atoms with E-state index in [-0.39, 0.29) is 18.0 Å². The molecule has 0 amide bonds. The van der Waals surface area contributed by atoms with Gasteiger partial charge in [0.05, 0.1) is 6.04 Å². The van der Waals surface area contributed by atoms with E-state index in [4.69, 9.17) is 11.6 Å². The predicted octanol–water partition coefficient (Wildman–Crippen LogP) is 5.78. The van der Waals surface area contributed by atoms with Gasteiger partial charge >= 0.3 is 0 Å². The molecule has 0 spiro atoms. The summed E-state index contributed by atoms with van der Waals surface area (Å²) in [7, 11) is 0. The van der Waals surface area contributed by atoms with E-state index in [0.29, 0.717) is 5.02 Å². The van der Waals surface area contributed by atoms with Gasteiger partial charge in [-0.1, -0.05) is 70.0 Å². The van der Waals surface area contributed by atoms with Gasteiger partial charge in [-0.15, -0.1) is 0 Å². The van der Waals surface area contributed by atoms with E-state index in [9.17, 15) is 5.11 Å². The highest BCUT2D eigenvalue weighted by Crippen LogP contribution is 2.33. The number of hydrogen-bond acceptors (Lipinski definition) is 3. The van der Waals surface area contributed by atoms with Gasteiger partial charge in [-0.05, 0) is 47.5 Å². The fraction of sp³-hybridized carbons (Fsp3) is 0.0909. The first-order chi connectivity index (χ1) is 13.1. The minimum Gasteiger partial charge on any atom is -0.508 e. The van der Waals surface area contributed by atoms with Crippen LogP contribution < -0.4 is 10.6 Å². The third-order valence-corrected chi connectivity index (χ3v) is 5.35. The van der Waals surface area contributed by atoms with Gasteiger partial charge in [-0.2, -0.15) is 0 Å². The molecule has 0 bridgehead atoms. The van der Waals surface area contributed by atoms with Crippen LogP contribution >= 0.6 is 27.5 Å². The molecule has 0 aliphatic carbocycles. The molecule has 0 radical (unpaired) electrons. The van der Waals surface area contributed by atoms with Crippen molar-refractivity contribution >= 4 is 33.2 Å². The highest BCUT2D eigenvalue weighted by atomic mass is 79.9. The van der Waals surface area contributed by atoms with Crippen molar-refractivity contribution in [3.05, 3.63) is 105 Å². The molecule has 1 heterocycles. The number of hydrogen-bond donors (Lipinski definition) is 3. The molecule has 3 aromatic carbocycles. The quantitative estimate of drug-likeness (QED) is 0.482. The van der Waals surface area contributed by atoms with Gasteiger partial charge in [0.15, 0.2) is 0 Å². The van der Waals surface area contributed by atoms with Crippen molar-refractivity contribution in [3.8, 4) is 5.75 Å². The van der Waals surface area contributed by atoms with Crippen LogP contribution in [0.1, 0.15) is 28.9 Å². The van der Waals surface area contributed by atoms with Crippen LogP contribution in [0.3, 0.4) is 0 Å². The number of nitrogens with one attached hydrogen (secondary N) is 2. The first-order valence-electron chi connectivity index (χ1n) is 8.64. The monoisotopic (exact) mass is 440 g/mol. The van der Waals surface area contributed by atoms with Crippen molar-refractivity contribution in [2.24, 2.45) is 0 Å². The number of para-hydroxylation sites is 1. The molecule has 27 heavy (non-hydrogen) atoms. The highest BCUT2D eigenvalue weighted by Gasteiger charge is 2.25. The van der Waals surface area contributed by atoms with E-state index in [1.807, 2.05) is 54.6 Å². The molecule has 136 valence electrons. The van der Waals surface area contributed by atoms with Gasteiger partial charge < -0.3 is 10.4 Å². The highest BCUT2D eigenvalue weighted by molar-refractivity contribution is 9.10. The van der Waals surface area contributed by atoms with Gasteiger partial charge in [0, 0.05) is 20.8 Å². The molecule has 3 nitrogen and oxygen atoms in total. The third-order valence-electron chi connectivity index (χ3n) is 4.59. The van der Waals surface area contributed by atoms with E-state index in [0.717, 1.165) is 26.9 Å². The largest absolute Gasteiger partial charge is 0.508 e. The molecular formula is C22H18BrClN2O. The SMILES string of the molecule is Oc1ccccc1C1C=C(c2cccc(Cl)c2)NC(c2ccc(Br)cc2)N1. The standard InChI is InChI=1S/C22H18BrClN2O/c23-16-10-8-14(9-11-16)22-25-19(15-4-3-5-17(24)12-15)13-20(26-22)18-6-1-2-7-21(18)27/h1-13,20,22,25-27H. The Labute approximate surface area is 171 Å². The number of rotatable bonds is 3. The summed E-state index contributed by atoms with van der Waals surface area (Å²) in [4.78, 5) is 0. The molecular weight excluding hydrogens is 424 g/mol. The number of phenolic OH excluding ortho intramolecular Hbond substituents is 1. The zero-order chi connectivity index (χ0) is 18.8. The average molecular weight is 442 g/mol. The van der Waals surface area contributed by atoms with Crippen LogP contribution in [0.2, 0.25) is 5.02 Å². The van der Waals surface area contributed by atoms with Crippen LogP contribution in [0.15, 0.2) is 83.3 Å². The summed E-state index contributed by atoms with van der Waals surface area (Å²) in [6.45, 7) is 0. The molecule has 4 rings (SSSR count). The fourth-order valence-electron chi connectivity index (χ4n) is 3.24. The topological polar surface area (TPSA) is 44.3 Å². The number of phenols is 1. The average Bonchev–Trinajstić information content (AvgIpc) is 2.68. The summed E-state index contributed by atoms with van der Waals surface area (Å²) in [5, 5.41) is 18.1. The van der Waals surface area contributed by atoms with Crippen LogP contribution in [0.25, 0.3) is 5.70 Å². The number of halogens is 2. The summed E-state index contributed by atoms with van der Waals surface area (Å²) >= 11 is 9.68. The van der Waals surface area contributed by atoms with Crippen LogP contribution in [-0.4, -0.2) is 5.11 Å². The molecule has 0 saturated heterocycles. The van der Waals surface area contributed by atoms with Gasteiger partial charge in [-0.25, -0.2) is 0 Å². The third kappa shape index (κ3) is 4.03. The van der Waals surface area contributed by atoms with Gasteiger partial charge in [-0.3, -0.25) is 5.32 Å². The maximum absolute atomic E-state index is 10.3. The summed E-state index contributed by atoms with van der Waals surface area (Å²) in [5.74, 6) is 0.271. The van der Waals surface area contributed by atoms with Crippen molar-refractivity contribution in [1.82, 2.24) is 10.6 Å². The molecule has 3 N–H and O–H groups in total. The molecule has 5 heteroatoms. The zero-order valence-corrected chi connectivity index (χ0v) is 16.7.